The smallest absolute Gasteiger partial charge is 0.351 e. The number of rotatable bonds is 13. The van der Waals surface area contributed by atoms with Crippen LogP contribution < -0.4 is 11.0 Å². The lowest BCUT2D eigenvalue weighted by molar-refractivity contribution is -0.144. The number of amides is 1. The molecule has 1 aliphatic heterocycles. The number of nitrogens with zero attached hydrogens (tertiary/aromatic N) is 2. The number of carbonyl (C=O) groups excluding carboxylic acids is 2. The molecule has 1 N–H and O–H groups in total. The van der Waals surface area contributed by atoms with E-state index in [9.17, 15) is 14.4 Å². The van der Waals surface area contributed by atoms with Crippen LogP contribution in [0.5, 0.6) is 0 Å². The Balaban J connectivity index is 2.32. The molecule has 14 heteroatoms. The van der Waals surface area contributed by atoms with Crippen molar-refractivity contribution in [3.63, 3.8) is 0 Å². The first kappa shape index (κ1) is 32.5. The highest BCUT2D eigenvalue weighted by atomic mass is 28.4. The first-order valence-electron chi connectivity index (χ1n) is 13.1. The van der Waals surface area contributed by atoms with Gasteiger partial charge < -0.3 is 28.1 Å². The normalized spacial score (nSPS) is 22.4. The summed E-state index contributed by atoms with van der Waals surface area (Å²) in [4.78, 5) is 40.9. The van der Waals surface area contributed by atoms with Gasteiger partial charge in [0.15, 0.2) is 31.2 Å². The molecule has 0 aliphatic carbocycles. The predicted octanol–water partition coefficient (Wildman–Crippen LogP) is 3.71. The van der Waals surface area contributed by atoms with Crippen molar-refractivity contribution in [2.75, 3.05) is 18.5 Å². The van der Waals surface area contributed by atoms with E-state index in [1.54, 1.807) is 6.92 Å². The van der Waals surface area contributed by atoms with Crippen molar-refractivity contribution in [1.82, 2.24) is 9.55 Å². The lowest BCUT2D eigenvalue weighted by atomic mass is 10.1. The van der Waals surface area contributed by atoms with Gasteiger partial charge in [0.1, 0.15) is 24.1 Å². The van der Waals surface area contributed by atoms with Crippen LogP contribution >= 0.6 is 0 Å². The maximum atomic E-state index is 13.1. The van der Waals surface area contributed by atoms with Crippen molar-refractivity contribution in [1.29, 1.82) is 0 Å². The fourth-order valence-corrected chi connectivity index (χ4v) is 6.65. The minimum Gasteiger partial charge on any atom is -0.466 e. The Morgan fingerprint density at radius 3 is 2.11 bits per heavy atom. The summed E-state index contributed by atoms with van der Waals surface area (Å²) >= 11 is 0. The largest absolute Gasteiger partial charge is 0.466 e. The fourth-order valence-electron chi connectivity index (χ4n) is 3.81. The van der Waals surface area contributed by atoms with Gasteiger partial charge in [-0.3, -0.25) is 14.2 Å². The van der Waals surface area contributed by atoms with Crippen LogP contribution in [-0.4, -0.2) is 77.9 Å². The van der Waals surface area contributed by atoms with E-state index in [1.807, 2.05) is 0 Å². The second kappa shape index (κ2) is 13.1. The molecule has 0 aromatic carbocycles. The molecule has 0 radical (unpaired) electrons. The van der Waals surface area contributed by atoms with Crippen molar-refractivity contribution in [3.05, 3.63) is 22.7 Å². The highest BCUT2D eigenvalue weighted by Crippen LogP contribution is 2.36. The zero-order valence-corrected chi connectivity index (χ0v) is 27.5. The van der Waals surface area contributed by atoms with Gasteiger partial charge in [-0.1, -0.05) is 0 Å². The first-order chi connectivity index (χ1) is 17.4. The van der Waals surface area contributed by atoms with Gasteiger partial charge in [-0.15, -0.1) is 0 Å². The quantitative estimate of drug-likeness (QED) is 0.271. The van der Waals surface area contributed by atoms with E-state index in [2.05, 4.69) is 69.2 Å². The van der Waals surface area contributed by atoms with Gasteiger partial charge in [-0.05, 0) is 71.9 Å². The average molecular weight is 588 g/mol. The molecule has 1 aromatic rings. The number of anilines is 1. The van der Waals surface area contributed by atoms with Gasteiger partial charge in [-0.2, -0.15) is 4.98 Å². The average Bonchev–Trinajstić information content (AvgIpc) is 3.04. The van der Waals surface area contributed by atoms with Crippen LogP contribution in [-0.2, 0) is 32.3 Å². The van der Waals surface area contributed by atoms with E-state index in [1.165, 1.54) is 16.8 Å². The Labute approximate surface area is 228 Å². The number of carbonyl (C=O) groups is 2. The zero-order valence-electron chi connectivity index (χ0n) is 24.5. The van der Waals surface area contributed by atoms with Gasteiger partial charge in [-0.25, -0.2) is 4.79 Å². The summed E-state index contributed by atoms with van der Waals surface area (Å²) in [5, 5.41) is 2.56. The molecule has 0 spiro atoms. The number of ether oxygens (including phenoxy) is 2. The number of nitrogens with one attached hydrogen (secondary N) is 1. The van der Waals surface area contributed by atoms with Gasteiger partial charge >= 0.3 is 11.7 Å². The third kappa shape index (κ3) is 10.8. The third-order valence-corrected chi connectivity index (χ3v) is 8.17. The molecule has 1 amide bonds. The molecule has 2 heterocycles. The second-order valence-electron chi connectivity index (χ2n) is 12.2. The first-order valence-corrected chi connectivity index (χ1v) is 23.3. The summed E-state index contributed by atoms with van der Waals surface area (Å²) in [5.74, 6) is -0.804. The maximum absolute atomic E-state index is 13.1. The van der Waals surface area contributed by atoms with Crippen LogP contribution in [0.25, 0.3) is 0 Å². The maximum Gasteiger partial charge on any atom is 0.351 e. The summed E-state index contributed by atoms with van der Waals surface area (Å²) in [7, 11) is -5.95. The molecule has 0 unspecified atom stereocenters. The third-order valence-electron chi connectivity index (χ3n) is 5.18. The summed E-state index contributed by atoms with van der Waals surface area (Å²) in [6.45, 7) is 21.2. The van der Waals surface area contributed by atoms with E-state index in [4.69, 9.17) is 22.8 Å². The molecule has 1 aromatic heterocycles. The summed E-state index contributed by atoms with van der Waals surface area (Å²) < 4.78 is 32.0. The molecule has 1 fully saturated rings. The molecule has 1 aliphatic rings. The molecule has 1 saturated heterocycles. The van der Waals surface area contributed by atoms with E-state index in [0.29, 0.717) is 6.61 Å². The van der Waals surface area contributed by atoms with Gasteiger partial charge in [0, 0.05) is 12.6 Å². The van der Waals surface area contributed by atoms with Crippen LogP contribution in [0, 0.1) is 0 Å². The highest BCUT2D eigenvalue weighted by molar-refractivity contribution is 6.70. The SMILES string of the molecule is CCOC(=O)CCC(=O)Nc1ccn([C@@H]2O[C@H](CO[Si](C)(C)C)[C@@H](O[Si](C)(C)C)[C@@H]2O[Si](C)(C)C)c(=O)n1. The summed E-state index contributed by atoms with van der Waals surface area (Å²) in [6, 6.07) is 1.53. The topological polar surface area (TPSA) is 127 Å². The standard InChI is InChI=1S/C24H45N3O8Si3/c1-11-31-20(29)13-12-19(28)25-18-14-15-27(24(30)26-18)23-22(35-38(8,9)10)21(34-37(5,6)7)17(33-23)16-32-36(2,3)4/h14-15,17,21-23H,11-13,16H2,1-10H3,(H,25,26,28,30)/t17-,21-,22+,23-/m1/s1. The summed E-state index contributed by atoms with van der Waals surface area (Å²) in [5.41, 5.74) is -0.596. The van der Waals surface area contributed by atoms with E-state index in [-0.39, 0.29) is 25.3 Å². The van der Waals surface area contributed by atoms with Crippen molar-refractivity contribution in [3.8, 4) is 0 Å². The minimum atomic E-state index is -2.09. The number of hydrogen-bond donors (Lipinski definition) is 1. The Bertz CT molecular complexity index is 1020. The second-order valence-corrected chi connectivity index (χ2v) is 25.7. The molecule has 0 saturated carbocycles. The van der Waals surface area contributed by atoms with Crippen LogP contribution in [0.15, 0.2) is 17.1 Å². The Morgan fingerprint density at radius 2 is 1.58 bits per heavy atom. The zero-order chi connectivity index (χ0) is 28.9. The molecule has 11 nitrogen and oxygen atoms in total. The van der Waals surface area contributed by atoms with Crippen LogP contribution in [0.3, 0.4) is 0 Å². The number of esters is 1. The molecule has 4 atom stereocenters. The van der Waals surface area contributed by atoms with Crippen LogP contribution in [0.1, 0.15) is 26.0 Å². The minimum absolute atomic E-state index is 0.0538. The lowest BCUT2D eigenvalue weighted by Crippen LogP contribution is -2.49. The monoisotopic (exact) mass is 587 g/mol. The molecule has 216 valence electrons. The van der Waals surface area contributed by atoms with Crippen molar-refractivity contribution >= 4 is 42.6 Å². The van der Waals surface area contributed by atoms with Gasteiger partial charge in [0.2, 0.25) is 5.91 Å². The van der Waals surface area contributed by atoms with Gasteiger partial charge in [0.05, 0.1) is 19.6 Å². The Hall–Kier alpha value is -1.69. The molecular weight excluding hydrogens is 543 g/mol. The number of aromatic nitrogens is 2. The Kier molecular flexibility index (Phi) is 11.2. The van der Waals surface area contributed by atoms with Crippen molar-refractivity contribution < 1.29 is 32.3 Å². The van der Waals surface area contributed by atoms with E-state index < -0.39 is 67.1 Å². The number of hydrogen-bond acceptors (Lipinski definition) is 9. The molecular formula is C24H45N3O8Si3. The van der Waals surface area contributed by atoms with Crippen molar-refractivity contribution in [2.45, 2.75) is 103 Å². The van der Waals surface area contributed by atoms with Crippen molar-refractivity contribution in [2.24, 2.45) is 0 Å². The molecule has 0 bridgehead atoms. The Morgan fingerprint density at radius 1 is 0.974 bits per heavy atom. The van der Waals surface area contributed by atoms with Crippen LogP contribution in [0.4, 0.5) is 5.82 Å². The molecule has 38 heavy (non-hydrogen) atoms. The highest BCUT2D eigenvalue weighted by Gasteiger charge is 2.50. The summed E-state index contributed by atoms with van der Waals surface area (Å²) in [6.07, 6.45) is -0.732. The van der Waals surface area contributed by atoms with E-state index in [0.717, 1.165) is 0 Å². The fraction of sp³-hybridized carbons (Fsp3) is 0.750. The lowest BCUT2D eigenvalue weighted by Gasteiger charge is -2.34. The predicted molar refractivity (Wildman–Crippen MR) is 153 cm³/mol. The van der Waals surface area contributed by atoms with E-state index >= 15 is 0 Å². The van der Waals surface area contributed by atoms with Gasteiger partial charge in [0.25, 0.3) is 0 Å². The van der Waals surface area contributed by atoms with Crippen LogP contribution in [0.2, 0.25) is 58.9 Å². The molecule has 2 rings (SSSR count).